The Bertz CT molecular complexity index is 826. The van der Waals surface area contributed by atoms with Crippen molar-refractivity contribution in [2.75, 3.05) is 5.32 Å². The molecule has 3 heteroatoms. The lowest BCUT2D eigenvalue weighted by Crippen LogP contribution is -2.12. The Morgan fingerprint density at radius 3 is 2.52 bits per heavy atom. The Kier molecular flexibility index (Phi) is 3.76. The molecule has 21 heavy (non-hydrogen) atoms. The maximum atomic E-state index is 12.4. The average molecular weight is 340 g/mol. The summed E-state index contributed by atoms with van der Waals surface area (Å²) in [4.78, 5) is 12.4. The molecule has 0 aliphatic rings. The van der Waals surface area contributed by atoms with Crippen LogP contribution in [0, 0.1) is 6.92 Å². The van der Waals surface area contributed by atoms with Gasteiger partial charge in [-0.25, -0.2) is 0 Å². The van der Waals surface area contributed by atoms with Gasteiger partial charge in [-0.1, -0.05) is 42.0 Å². The van der Waals surface area contributed by atoms with Gasteiger partial charge in [0.1, 0.15) is 0 Å². The van der Waals surface area contributed by atoms with Crippen molar-refractivity contribution in [3.63, 3.8) is 0 Å². The van der Waals surface area contributed by atoms with Crippen LogP contribution in [0.3, 0.4) is 0 Å². The number of aryl methyl sites for hydroxylation is 1. The predicted octanol–water partition coefficient (Wildman–Crippen LogP) is 5.16. The second-order valence-corrected chi connectivity index (χ2v) is 5.85. The van der Waals surface area contributed by atoms with Gasteiger partial charge in [-0.15, -0.1) is 0 Å². The monoisotopic (exact) mass is 339 g/mol. The number of halogens is 1. The highest BCUT2D eigenvalue weighted by Crippen LogP contribution is 2.22. The normalized spacial score (nSPS) is 10.6. The highest BCUT2D eigenvalue weighted by Gasteiger charge is 2.10. The smallest absolute Gasteiger partial charge is 0.256 e. The third-order valence-corrected chi connectivity index (χ3v) is 4.07. The van der Waals surface area contributed by atoms with E-state index in [1.807, 2.05) is 61.5 Å². The number of carbonyl (C=O) groups excluding carboxylic acids is 1. The maximum absolute atomic E-state index is 12.4. The molecule has 104 valence electrons. The van der Waals surface area contributed by atoms with Gasteiger partial charge in [-0.05, 0) is 57.9 Å². The van der Waals surface area contributed by atoms with E-state index in [0.29, 0.717) is 5.56 Å². The summed E-state index contributed by atoms with van der Waals surface area (Å²) >= 11 is 3.42. The second kappa shape index (κ2) is 5.70. The summed E-state index contributed by atoms with van der Waals surface area (Å²) in [7, 11) is 0. The van der Waals surface area contributed by atoms with Gasteiger partial charge in [-0.2, -0.15) is 0 Å². The van der Waals surface area contributed by atoms with E-state index in [9.17, 15) is 4.79 Å². The number of nitrogens with one attached hydrogen (secondary N) is 1. The average Bonchev–Trinajstić information content (AvgIpc) is 2.49. The highest BCUT2D eigenvalue weighted by atomic mass is 79.9. The summed E-state index contributed by atoms with van der Waals surface area (Å²) in [6, 6.07) is 19.7. The number of anilines is 1. The fourth-order valence-corrected chi connectivity index (χ4v) is 2.71. The predicted molar refractivity (Wildman–Crippen MR) is 90.8 cm³/mol. The first-order chi connectivity index (χ1) is 10.1. The van der Waals surface area contributed by atoms with Crippen molar-refractivity contribution < 1.29 is 4.79 Å². The summed E-state index contributed by atoms with van der Waals surface area (Å²) in [6.45, 7) is 1.97. The molecule has 0 saturated carbocycles. The molecule has 1 N–H and O–H groups in total. The van der Waals surface area contributed by atoms with Gasteiger partial charge in [-0.3, -0.25) is 4.79 Å². The third kappa shape index (κ3) is 2.98. The molecule has 3 aromatic carbocycles. The fraction of sp³-hybridized carbons (Fsp3) is 0.0556. The minimum Gasteiger partial charge on any atom is -0.322 e. The molecule has 0 atom stereocenters. The number of hydrogen-bond acceptors (Lipinski definition) is 1. The molecule has 2 nitrogen and oxygen atoms in total. The zero-order chi connectivity index (χ0) is 14.8. The van der Waals surface area contributed by atoms with Crippen molar-refractivity contribution in [1.82, 2.24) is 0 Å². The van der Waals surface area contributed by atoms with Crippen molar-refractivity contribution in [2.45, 2.75) is 6.92 Å². The molecule has 0 saturated heterocycles. The van der Waals surface area contributed by atoms with E-state index < -0.39 is 0 Å². The summed E-state index contributed by atoms with van der Waals surface area (Å²) in [5, 5.41) is 5.22. The van der Waals surface area contributed by atoms with Crippen molar-refractivity contribution in [2.24, 2.45) is 0 Å². The molecule has 3 aromatic rings. The number of rotatable bonds is 2. The van der Waals surface area contributed by atoms with Gasteiger partial charge in [0, 0.05) is 10.2 Å². The first-order valence-electron chi connectivity index (χ1n) is 6.70. The van der Waals surface area contributed by atoms with Crippen LogP contribution in [0.2, 0.25) is 0 Å². The molecule has 0 fully saturated rings. The lowest BCUT2D eigenvalue weighted by molar-refractivity contribution is 0.102. The van der Waals surface area contributed by atoms with Crippen LogP contribution in [0.4, 0.5) is 5.69 Å². The zero-order valence-electron chi connectivity index (χ0n) is 11.6. The first kappa shape index (κ1) is 13.8. The van der Waals surface area contributed by atoms with Crippen molar-refractivity contribution in [1.29, 1.82) is 0 Å². The van der Waals surface area contributed by atoms with Crippen LogP contribution < -0.4 is 5.32 Å². The second-order valence-electron chi connectivity index (χ2n) is 5.00. The van der Waals surface area contributed by atoms with Gasteiger partial charge in [0.2, 0.25) is 0 Å². The van der Waals surface area contributed by atoms with Gasteiger partial charge in [0.25, 0.3) is 5.91 Å². The van der Waals surface area contributed by atoms with Crippen molar-refractivity contribution >= 4 is 38.3 Å². The summed E-state index contributed by atoms with van der Waals surface area (Å²) in [6.07, 6.45) is 0. The third-order valence-electron chi connectivity index (χ3n) is 3.37. The Morgan fingerprint density at radius 2 is 1.71 bits per heavy atom. The minimum absolute atomic E-state index is 0.110. The van der Waals surface area contributed by atoms with Crippen LogP contribution in [-0.2, 0) is 0 Å². The van der Waals surface area contributed by atoms with Crippen LogP contribution in [0.25, 0.3) is 10.8 Å². The van der Waals surface area contributed by atoms with Crippen LogP contribution in [-0.4, -0.2) is 5.91 Å². The fourth-order valence-electron chi connectivity index (χ4n) is 2.28. The van der Waals surface area contributed by atoms with Gasteiger partial charge >= 0.3 is 0 Å². The molecule has 0 unspecified atom stereocenters. The lowest BCUT2D eigenvalue weighted by Gasteiger charge is -2.09. The standard InChI is InChI=1S/C18H14BrNO/c1-12-6-9-17(19)16(10-12)18(21)20-15-8-7-13-4-2-3-5-14(13)11-15/h2-11H,1H3,(H,20,21). The number of hydrogen-bond donors (Lipinski definition) is 1. The molecular weight excluding hydrogens is 326 g/mol. The van der Waals surface area contributed by atoms with E-state index in [-0.39, 0.29) is 5.91 Å². The minimum atomic E-state index is -0.110. The number of fused-ring (bicyclic) bond motifs is 1. The Hall–Kier alpha value is -2.13. The summed E-state index contributed by atoms with van der Waals surface area (Å²) in [5.74, 6) is -0.110. The maximum Gasteiger partial charge on any atom is 0.256 e. The van der Waals surface area contributed by atoms with Crippen molar-refractivity contribution in [3.05, 3.63) is 76.3 Å². The Balaban J connectivity index is 1.90. The summed E-state index contributed by atoms with van der Waals surface area (Å²) < 4.78 is 0.798. The highest BCUT2D eigenvalue weighted by molar-refractivity contribution is 9.10. The molecule has 0 radical (unpaired) electrons. The molecule has 0 aromatic heterocycles. The molecule has 0 heterocycles. The molecule has 0 aliphatic carbocycles. The Morgan fingerprint density at radius 1 is 0.952 bits per heavy atom. The van der Waals surface area contributed by atoms with Crippen LogP contribution in [0.1, 0.15) is 15.9 Å². The molecule has 0 spiro atoms. The van der Waals surface area contributed by atoms with E-state index in [1.54, 1.807) is 0 Å². The van der Waals surface area contributed by atoms with E-state index in [0.717, 1.165) is 26.5 Å². The quantitative estimate of drug-likeness (QED) is 0.686. The lowest BCUT2D eigenvalue weighted by atomic mass is 10.1. The van der Waals surface area contributed by atoms with Gasteiger partial charge < -0.3 is 5.32 Å². The molecule has 1 amide bonds. The van der Waals surface area contributed by atoms with Crippen LogP contribution >= 0.6 is 15.9 Å². The molecule has 3 rings (SSSR count). The number of amides is 1. The zero-order valence-corrected chi connectivity index (χ0v) is 13.1. The molecular formula is C18H14BrNO. The number of carbonyl (C=O) groups is 1. The first-order valence-corrected chi connectivity index (χ1v) is 7.49. The van der Waals surface area contributed by atoms with E-state index in [4.69, 9.17) is 0 Å². The van der Waals surface area contributed by atoms with E-state index in [2.05, 4.69) is 27.3 Å². The van der Waals surface area contributed by atoms with Gasteiger partial charge in [0.15, 0.2) is 0 Å². The van der Waals surface area contributed by atoms with Crippen LogP contribution in [0.5, 0.6) is 0 Å². The largest absolute Gasteiger partial charge is 0.322 e. The number of benzene rings is 3. The Labute approximate surface area is 131 Å². The summed E-state index contributed by atoms with van der Waals surface area (Å²) in [5.41, 5.74) is 2.50. The molecule has 0 aliphatic heterocycles. The van der Waals surface area contributed by atoms with E-state index >= 15 is 0 Å². The van der Waals surface area contributed by atoms with Gasteiger partial charge in [0.05, 0.1) is 5.56 Å². The topological polar surface area (TPSA) is 29.1 Å². The van der Waals surface area contributed by atoms with E-state index in [1.165, 1.54) is 0 Å². The molecule has 0 bridgehead atoms. The van der Waals surface area contributed by atoms with Crippen molar-refractivity contribution in [3.8, 4) is 0 Å². The SMILES string of the molecule is Cc1ccc(Br)c(C(=O)Nc2ccc3ccccc3c2)c1. The van der Waals surface area contributed by atoms with Crippen LogP contribution in [0.15, 0.2) is 65.1 Å².